The number of carboxylic acids is 1. The van der Waals surface area contributed by atoms with E-state index in [2.05, 4.69) is 6.92 Å². The third kappa shape index (κ3) is 8.92. The number of carbonyl (C=O) groups is 2. The fourth-order valence-corrected chi connectivity index (χ4v) is 4.24. The molecular formula is C18H33NO4S. The van der Waals surface area contributed by atoms with Gasteiger partial charge in [0.1, 0.15) is 0 Å². The van der Waals surface area contributed by atoms with Gasteiger partial charge in [-0.15, -0.1) is 11.8 Å². The monoisotopic (exact) mass is 359 g/mol. The zero-order valence-electron chi connectivity index (χ0n) is 14.9. The molecule has 1 aliphatic heterocycles. The molecule has 1 rings (SSSR count). The minimum atomic E-state index is -0.737. The number of hydrogen-bond acceptors (Lipinski definition) is 4. The molecule has 0 spiro atoms. The van der Waals surface area contributed by atoms with Crippen molar-refractivity contribution in [2.45, 2.75) is 89.0 Å². The number of rotatable bonds is 14. The van der Waals surface area contributed by atoms with E-state index >= 15 is 0 Å². The normalized spacial score (nSPS) is 19.0. The van der Waals surface area contributed by atoms with Crippen molar-refractivity contribution >= 4 is 23.6 Å². The van der Waals surface area contributed by atoms with Gasteiger partial charge in [-0.2, -0.15) is 0 Å². The number of carboxylic acid groups (broad SMARTS) is 1. The Balaban J connectivity index is 2.19. The molecule has 6 heteroatoms. The number of nitrogens with zero attached hydrogens (tertiary/aromatic N) is 1. The molecule has 2 atom stereocenters. The zero-order chi connectivity index (χ0) is 17.8. The Bertz CT molecular complexity index is 378. The molecule has 1 heterocycles. The van der Waals surface area contributed by atoms with E-state index in [0.29, 0.717) is 12.2 Å². The summed E-state index contributed by atoms with van der Waals surface area (Å²) in [5, 5.41) is 18.9. The molecule has 1 aliphatic rings. The van der Waals surface area contributed by atoms with Gasteiger partial charge in [0.05, 0.1) is 17.2 Å². The van der Waals surface area contributed by atoms with Gasteiger partial charge in [0, 0.05) is 13.0 Å². The zero-order valence-corrected chi connectivity index (χ0v) is 15.7. The second-order valence-corrected chi connectivity index (χ2v) is 7.80. The summed E-state index contributed by atoms with van der Waals surface area (Å²) in [6.07, 6.45) is 9.41. The van der Waals surface area contributed by atoms with Crippen LogP contribution in [0.4, 0.5) is 0 Å². The highest BCUT2D eigenvalue weighted by Gasteiger charge is 2.31. The van der Waals surface area contributed by atoms with Crippen LogP contribution in [0.3, 0.4) is 0 Å². The van der Waals surface area contributed by atoms with Crippen LogP contribution in [0.2, 0.25) is 0 Å². The Labute approximate surface area is 150 Å². The van der Waals surface area contributed by atoms with Crippen LogP contribution in [0.15, 0.2) is 0 Å². The lowest BCUT2D eigenvalue weighted by atomic mass is 10.1. The molecule has 1 saturated heterocycles. The minimum absolute atomic E-state index is 0.205. The highest BCUT2D eigenvalue weighted by atomic mass is 32.2. The van der Waals surface area contributed by atoms with Crippen molar-refractivity contribution in [2.75, 3.05) is 12.3 Å². The van der Waals surface area contributed by atoms with Crippen molar-refractivity contribution in [2.24, 2.45) is 0 Å². The molecule has 2 N–H and O–H groups in total. The van der Waals surface area contributed by atoms with Crippen LogP contribution in [-0.4, -0.2) is 50.8 Å². The van der Waals surface area contributed by atoms with E-state index in [4.69, 9.17) is 5.11 Å². The average molecular weight is 360 g/mol. The predicted octanol–water partition coefficient (Wildman–Crippen LogP) is 3.64. The van der Waals surface area contributed by atoms with Crippen LogP contribution in [-0.2, 0) is 9.59 Å². The van der Waals surface area contributed by atoms with Crippen molar-refractivity contribution in [3.8, 4) is 0 Å². The molecule has 0 bridgehead atoms. The molecule has 0 aromatic carbocycles. The number of thioether (sulfide) groups is 1. The first-order valence-electron chi connectivity index (χ1n) is 9.35. The maximum atomic E-state index is 12.0. The second-order valence-electron chi connectivity index (χ2n) is 6.64. The molecule has 0 saturated carbocycles. The predicted molar refractivity (Wildman–Crippen MR) is 98.1 cm³/mol. The molecule has 24 heavy (non-hydrogen) atoms. The van der Waals surface area contributed by atoms with E-state index in [1.54, 1.807) is 11.8 Å². The fraction of sp³-hybridized carbons (Fsp3) is 0.889. The van der Waals surface area contributed by atoms with E-state index in [1.165, 1.54) is 12.8 Å². The lowest BCUT2D eigenvalue weighted by Gasteiger charge is -2.24. The quantitative estimate of drug-likeness (QED) is 0.463. The lowest BCUT2D eigenvalue weighted by Crippen LogP contribution is -2.34. The number of carbonyl (C=O) groups excluding carboxylic acids is 1. The van der Waals surface area contributed by atoms with Gasteiger partial charge < -0.3 is 15.1 Å². The molecule has 0 unspecified atom stereocenters. The Morgan fingerprint density at radius 1 is 1.21 bits per heavy atom. The summed E-state index contributed by atoms with van der Waals surface area (Å²) in [5.74, 6) is 0.0185. The Morgan fingerprint density at radius 2 is 1.96 bits per heavy atom. The first-order chi connectivity index (χ1) is 11.5. The average Bonchev–Trinajstić information content (AvgIpc) is 2.89. The van der Waals surface area contributed by atoms with Crippen molar-refractivity contribution < 1.29 is 19.8 Å². The Morgan fingerprint density at radius 3 is 2.67 bits per heavy atom. The molecule has 1 amide bonds. The van der Waals surface area contributed by atoms with Crippen molar-refractivity contribution in [3.05, 3.63) is 0 Å². The topological polar surface area (TPSA) is 77.8 Å². The maximum absolute atomic E-state index is 12.0. The van der Waals surface area contributed by atoms with Crippen LogP contribution >= 0.6 is 11.8 Å². The number of hydrogen-bond donors (Lipinski definition) is 2. The van der Waals surface area contributed by atoms with E-state index in [1.807, 2.05) is 4.90 Å². The smallest absolute Gasteiger partial charge is 0.303 e. The Hall–Kier alpha value is -0.750. The summed E-state index contributed by atoms with van der Waals surface area (Å²) in [7, 11) is 0. The number of unbranched alkanes of at least 4 members (excludes halogenated alkanes) is 5. The number of amides is 1. The van der Waals surface area contributed by atoms with Gasteiger partial charge in [-0.05, 0) is 32.1 Å². The Kier molecular flexibility index (Phi) is 11.2. The summed E-state index contributed by atoms with van der Waals surface area (Å²) < 4.78 is 0. The summed E-state index contributed by atoms with van der Waals surface area (Å²) >= 11 is 1.69. The molecule has 5 nitrogen and oxygen atoms in total. The van der Waals surface area contributed by atoms with Crippen molar-refractivity contribution in [1.29, 1.82) is 0 Å². The van der Waals surface area contributed by atoms with Gasteiger partial charge in [0.15, 0.2) is 0 Å². The van der Waals surface area contributed by atoms with Gasteiger partial charge in [0.2, 0.25) is 5.91 Å². The highest BCUT2D eigenvalue weighted by molar-refractivity contribution is 8.00. The lowest BCUT2D eigenvalue weighted by molar-refractivity contribution is -0.137. The van der Waals surface area contributed by atoms with Gasteiger partial charge in [-0.3, -0.25) is 9.59 Å². The largest absolute Gasteiger partial charge is 0.481 e. The third-order valence-electron chi connectivity index (χ3n) is 4.49. The summed E-state index contributed by atoms with van der Waals surface area (Å²) in [6.45, 7) is 2.92. The number of aliphatic carboxylic acids is 1. The molecule has 0 radical (unpaired) electrons. The summed E-state index contributed by atoms with van der Waals surface area (Å²) in [4.78, 5) is 24.4. The molecule has 0 aliphatic carbocycles. The minimum Gasteiger partial charge on any atom is -0.481 e. The third-order valence-corrected chi connectivity index (χ3v) is 5.78. The molecular weight excluding hydrogens is 326 g/mol. The molecule has 1 fully saturated rings. The summed E-state index contributed by atoms with van der Waals surface area (Å²) in [6, 6.07) is 0. The molecule has 0 aromatic heterocycles. The number of aliphatic hydroxyl groups is 1. The van der Waals surface area contributed by atoms with Gasteiger partial charge in [0.25, 0.3) is 0 Å². The van der Waals surface area contributed by atoms with Crippen LogP contribution in [0.1, 0.15) is 77.6 Å². The van der Waals surface area contributed by atoms with Gasteiger partial charge in [-0.1, -0.05) is 39.0 Å². The second kappa shape index (κ2) is 12.6. The van der Waals surface area contributed by atoms with Crippen LogP contribution in [0.5, 0.6) is 0 Å². The van der Waals surface area contributed by atoms with Gasteiger partial charge >= 0.3 is 5.97 Å². The highest BCUT2D eigenvalue weighted by Crippen LogP contribution is 2.29. The van der Waals surface area contributed by atoms with Crippen LogP contribution < -0.4 is 0 Å². The summed E-state index contributed by atoms with van der Waals surface area (Å²) in [5.41, 5.74) is 0. The van der Waals surface area contributed by atoms with Crippen molar-refractivity contribution in [1.82, 2.24) is 4.90 Å². The van der Waals surface area contributed by atoms with Gasteiger partial charge in [-0.25, -0.2) is 0 Å². The van der Waals surface area contributed by atoms with E-state index in [0.717, 1.165) is 51.5 Å². The van der Waals surface area contributed by atoms with Crippen LogP contribution in [0.25, 0.3) is 0 Å². The van der Waals surface area contributed by atoms with E-state index < -0.39 is 5.97 Å². The first kappa shape index (κ1) is 21.3. The van der Waals surface area contributed by atoms with E-state index in [9.17, 15) is 14.7 Å². The SMILES string of the molecule is CCCCC[C@@H](O)CC[C@@H]1SCC(=O)N1CCCCCCC(=O)O. The van der Waals surface area contributed by atoms with Crippen LogP contribution in [0, 0.1) is 0 Å². The van der Waals surface area contributed by atoms with Crippen molar-refractivity contribution in [3.63, 3.8) is 0 Å². The first-order valence-corrected chi connectivity index (χ1v) is 10.4. The molecule has 0 aromatic rings. The molecule has 140 valence electrons. The van der Waals surface area contributed by atoms with E-state index in [-0.39, 0.29) is 23.8 Å². The standard InChI is InChI=1S/C18H33NO4S/c1-2-3-6-9-15(20)11-12-17-19(16(21)14-24-17)13-8-5-4-7-10-18(22)23/h15,17,20H,2-14H2,1H3,(H,22,23)/t15-,17+/m1/s1. The number of aliphatic hydroxyl groups excluding tert-OH is 1. The fourth-order valence-electron chi connectivity index (χ4n) is 3.03. The maximum Gasteiger partial charge on any atom is 0.303 e.